The topological polar surface area (TPSA) is 49.4 Å². The lowest BCUT2D eigenvalue weighted by Gasteiger charge is -2.59. The molecule has 3 aliphatic heterocycles. The number of anilines is 1. The molecule has 0 spiro atoms. The van der Waals surface area contributed by atoms with Crippen molar-refractivity contribution >= 4 is 17.4 Å². The van der Waals surface area contributed by atoms with E-state index in [1.165, 1.54) is 36.8 Å². The summed E-state index contributed by atoms with van der Waals surface area (Å²) in [7, 11) is 0. The van der Waals surface area contributed by atoms with Crippen molar-refractivity contribution in [2.75, 3.05) is 5.32 Å². The molecule has 194 valence electrons. The van der Waals surface area contributed by atoms with Crippen LogP contribution in [0, 0.1) is 34.5 Å². The SMILES string of the molecule is C=C1CC[C@H]2C(C)(C)CCC[C@]2(C)[C@H]1C[C@]12C[C@H]3C(=O)C[C@@H](C(C)C)C(=O)N3[C@@H]1Nc1ccccc12. The van der Waals surface area contributed by atoms with Crippen LogP contribution >= 0.6 is 0 Å². The van der Waals surface area contributed by atoms with Crippen molar-refractivity contribution in [3.8, 4) is 0 Å². The van der Waals surface area contributed by atoms with Crippen molar-refractivity contribution in [3.05, 3.63) is 42.0 Å². The first kappa shape index (κ1) is 24.2. The third-order valence-electron chi connectivity index (χ3n) is 11.5. The predicted molar refractivity (Wildman–Crippen MR) is 144 cm³/mol. The van der Waals surface area contributed by atoms with Gasteiger partial charge in [-0.3, -0.25) is 9.59 Å². The number of nitrogens with one attached hydrogen (secondary N) is 1. The van der Waals surface area contributed by atoms with E-state index in [1.807, 2.05) is 4.90 Å². The molecule has 1 amide bonds. The Morgan fingerprint density at radius 2 is 1.89 bits per heavy atom. The molecule has 2 aliphatic carbocycles. The highest BCUT2D eigenvalue weighted by Crippen LogP contribution is 2.65. The molecule has 2 saturated carbocycles. The number of fused-ring (bicyclic) bond motifs is 6. The Hall–Kier alpha value is -2.10. The third kappa shape index (κ3) is 3.18. The lowest BCUT2D eigenvalue weighted by molar-refractivity contribution is -0.151. The molecule has 5 aliphatic rings. The number of Topliss-reactive ketones (excluding diaryl/α,β-unsaturated/α-hetero) is 1. The molecule has 3 heterocycles. The van der Waals surface area contributed by atoms with Crippen LogP contribution in [0.4, 0.5) is 5.69 Å². The molecule has 2 saturated heterocycles. The van der Waals surface area contributed by atoms with Crippen LogP contribution in [0.25, 0.3) is 0 Å². The summed E-state index contributed by atoms with van der Waals surface area (Å²) < 4.78 is 0. The Balaban J connectivity index is 1.45. The van der Waals surface area contributed by atoms with E-state index in [2.05, 4.69) is 70.8 Å². The standard InChI is InChI=1S/C32H44N2O2/c1-19(2)21-16-26(35)25-18-32(22-10-7-8-11-24(22)33-29(32)34(25)28(21)36)17-23-20(3)12-13-27-30(4,5)14-9-15-31(23,27)6/h7-8,10-11,19,21,23,25,27,29,33H,3,9,12-18H2,1-2,4-6H3/t21-,23-,25-,27-,29-,31+,32+/m0/s1. The Bertz CT molecular complexity index is 1120. The van der Waals surface area contributed by atoms with Gasteiger partial charge in [-0.1, -0.05) is 71.4 Å². The van der Waals surface area contributed by atoms with Gasteiger partial charge in [0.25, 0.3) is 0 Å². The summed E-state index contributed by atoms with van der Waals surface area (Å²) in [5.41, 5.74) is 4.15. The lowest BCUT2D eigenvalue weighted by Crippen LogP contribution is -2.57. The van der Waals surface area contributed by atoms with Crippen molar-refractivity contribution in [3.63, 3.8) is 0 Å². The number of hydrogen-bond donors (Lipinski definition) is 1. The number of para-hydroxylation sites is 1. The number of piperidine rings is 1. The van der Waals surface area contributed by atoms with Gasteiger partial charge in [-0.15, -0.1) is 0 Å². The molecule has 0 aromatic heterocycles. The minimum absolute atomic E-state index is 0.147. The fraction of sp³-hybridized carbons (Fsp3) is 0.688. The highest BCUT2D eigenvalue weighted by molar-refractivity contribution is 5.98. The molecule has 4 nitrogen and oxygen atoms in total. The van der Waals surface area contributed by atoms with Gasteiger partial charge in [0.2, 0.25) is 5.91 Å². The van der Waals surface area contributed by atoms with Crippen LogP contribution in [-0.4, -0.2) is 28.8 Å². The summed E-state index contributed by atoms with van der Waals surface area (Å²) >= 11 is 0. The summed E-state index contributed by atoms with van der Waals surface area (Å²) in [6, 6.07) is 8.32. The number of benzene rings is 1. The predicted octanol–water partition coefficient (Wildman–Crippen LogP) is 6.71. The molecule has 1 aromatic carbocycles. The zero-order valence-electron chi connectivity index (χ0n) is 22.9. The van der Waals surface area contributed by atoms with Gasteiger partial charge in [-0.2, -0.15) is 0 Å². The van der Waals surface area contributed by atoms with E-state index in [0.29, 0.717) is 23.7 Å². The van der Waals surface area contributed by atoms with E-state index in [0.717, 1.165) is 24.9 Å². The number of hydrogen-bond acceptors (Lipinski definition) is 3. The molecular weight excluding hydrogens is 444 g/mol. The minimum atomic E-state index is -0.304. The quantitative estimate of drug-likeness (QED) is 0.481. The van der Waals surface area contributed by atoms with Crippen molar-refractivity contribution in [2.24, 2.45) is 34.5 Å². The Labute approximate surface area is 217 Å². The average Bonchev–Trinajstić information content (AvgIpc) is 3.29. The summed E-state index contributed by atoms with van der Waals surface area (Å²) in [5, 5.41) is 3.78. The molecular formula is C32H44N2O2. The van der Waals surface area contributed by atoms with Crippen LogP contribution in [0.2, 0.25) is 0 Å². The zero-order chi connectivity index (χ0) is 25.6. The van der Waals surface area contributed by atoms with Crippen LogP contribution in [0.5, 0.6) is 0 Å². The first-order chi connectivity index (χ1) is 17.0. The maximum Gasteiger partial charge on any atom is 0.228 e. The first-order valence-electron chi connectivity index (χ1n) is 14.4. The Morgan fingerprint density at radius 1 is 1.14 bits per heavy atom. The summed E-state index contributed by atoms with van der Waals surface area (Å²) in [6.07, 6.45) is 8.14. The van der Waals surface area contributed by atoms with E-state index in [4.69, 9.17) is 0 Å². The summed E-state index contributed by atoms with van der Waals surface area (Å²) in [4.78, 5) is 29.4. The minimum Gasteiger partial charge on any atom is -0.364 e. The van der Waals surface area contributed by atoms with Gasteiger partial charge in [0.15, 0.2) is 5.78 Å². The molecule has 0 unspecified atom stereocenters. The van der Waals surface area contributed by atoms with E-state index in [-0.39, 0.29) is 46.6 Å². The van der Waals surface area contributed by atoms with Gasteiger partial charge in [0.05, 0.1) is 6.04 Å². The molecule has 0 bridgehead atoms. The molecule has 1 aromatic rings. The third-order valence-corrected chi connectivity index (χ3v) is 11.5. The highest BCUT2D eigenvalue weighted by atomic mass is 16.2. The lowest BCUT2D eigenvalue weighted by atomic mass is 9.46. The van der Waals surface area contributed by atoms with Gasteiger partial charge in [0, 0.05) is 23.4 Å². The summed E-state index contributed by atoms with van der Waals surface area (Å²) in [6.45, 7) is 16.3. The Kier molecular flexibility index (Phi) is 5.35. The smallest absolute Gasteiger partial charge is 0.228 e. The van der Waals surface area contributed by atoms with Gasteiger partial charge in [-0.25, -0.2) is 0 Å². The molecule has 7 atom stereocenters. The molecule has 0 radical (unpaired) electrons. The van der Waals surface area contributed by atoms with E-state index < -0.39 is 0 Å². The van der Waals surface area contributed by atoms with Crippen molar-refractivity contribution in [1.29, 1.82) is 0 Å². The van der Waals surface area contributed by atoms with E-state index in [1.54, 1.807) is 0 Å². The van der Waals surface area contributed by atoms with Crippen molar-refractivity contribution in [2.45, 2.75) is 104 Å². The van der Waals surface area contributed by atoms with Crippen LogP contribution in [0.3, 0.4) is 0 Å². The van der Waals surface area contributed by atoms with Gasteiger partial charge in [-0.05, 0) is 78.7 Å². The largest absolute Gasteiger partial charge is 0.364 e. The van der Waals surface area contributed by atoms with Crippen LogP contribution < -0.4 is 5.32 Å². The maximum absolute atomic E-state index is 13.9. The fourth-order valence-corrected chi connectivity index (χ4v) is 9.68. The van der Waals surface area contributed by atoms with Crippen LogP contribution in [0.15, 0.2) is 36.4 Å². The van der Waals surface area contributed by atoms with Crippen LogP contribution in [-0.2, 0) is 15.0 Å². The van der Waals surface area contributed by atoms with E-state index in [9.17, 15) is 9.59 Å². The van der Waals surface area contributed by atoms with Crippen molar-refractivity contribution < 1.29 is 9.59 Å². The molecule has 36 heavy (non-hydrogen) atoms. The fourth-order valence-electron chi connectivity index (χ4n) is 9.68. The second-order valence-corrected chi connectivity index (χ2v) is 14.1. The monoisotopic (exact) mass is 488 g/mol. The molecule has 4 heteroatoms. The number of carbonyl (C=O) groups excluding carboxylic acids is 2. The highest BCUT2D eigenvalue weighted by Gasteiger charge is 2.65. The Morgan fingerprint density at radius 3 is 2.64 bits per heavy atom. The first-order valence-corrected chi connectivity index (χ1v) is 14.4. The second-order valence-electron chi connectivity index (χ2n) is 14.1. The number of ketones is 1. The van der Waals surface area contributed by atoms with Gasteiger partial charge >= 0.3 is 0 Å². The average molecular weight is 489 g/mol. The second kappa shape index (κ2) is 7.95. The molecule has 1 N–H and O–H groups in total. The number of carbonyl (C=O) groups is 2. The number of allylic oxidation sites excluding steroid dienone is 1. The molecule has 6 rings (SSSR count). The number of nitrogens with zero attached hydrogens (tertiary/aromatic N) is 1. The zero-order valence-corrected chi connectivity index (χ0v) is 22.9. The maximum atomic E-state index is 13.9. The number of rotatable bonds is 3. The molecule has 4 fully saturated rings. The van der Waals surface area contributed by atoms with E-state index >= 15 is 0 Å². The van der Waals surface area contributed by atoms with Gasteiger partial charge in [0.1, 0.15) is 6.17 Å². The van der Waals surface area contributed by atoms with Crippen molar-refractivity contribution in [1.82, 2.24) is 4.90 Å². The van der Waals surface area contributed by atoms with Gasteiger partial charge < -0.3 is 10.2 Å². The number of amides is 1. The van der Waals surface area contributed by atoms with Crippen LogP contribution in [0.1, 0.15) is 91.5 Å². The summed E-state index contributed by atoms with van der Waals surface area (Å²) in [5.74, 6) is 1.48. The normalized spacial score (nSPS) is 41.0.